The number of hydrogen-bond acceptors (Lipinski definition) is 3. The molecule has 1 aromatic heterocycles. The van der Waals surface area contributed by atoms with Gasteiger partial charge in [-0.25, -0.2) is 0 Å². The average molecular weight is 203 g/mol. The van der Waals surface area contributed by atoms with Crippen LogP contribution in [0.25, 0.3) is 0 Å². The average Bonchev–Trinajstić information content (AvgIpc) is 2.04. The first-order valence-corrected chi connectivity index (χ1v) is 3.78. The molecule has 0 aliphatic rings. The molecule has 1 rings (SSSR count). The summed E-state index contributed by atoms with van der Waals surface area (Å²) >= 11 is 0. The third-order valence-electron chi connectivity index (χ3n) is 1.66. The van der Waals surface area contributed by atoms with Crippen molar-refractivity contribution in [3.8, 4) is 0 Å². The predicted molar refractivity (Wildman–Crippen MR) is 42.7 cm³/mol. The molecule has 1 heterocycles. The molecule has 0 amide bonds. The van der Waals surface area contributed by atoms with E-state index in [-0.39, 0.29) is 57.1 Å². The van der Waals surface area contributed by atoms with E-state index < -0.39 is 5.97 Å². The normalized spacial score (nSPS) is 9.46. The Hall–Kier alpha value is 0.256. The Kier molecular flexibility index (Phi) is 5.99. The Labute approximate surface area is 120 Å². The van der Waals surface area contributed by atoms with Crippen LogP contribution in [-0.2, 0) is 0 Å². The van der Waals surface area contributed by atoms with E-state index in [1.165, 1.54) is 6.07 Å². The number of rotatable bonds is 2. The van der Waals surface area contributed by atoms with Gasteiger partial charge in [0.2, 0.25) is 0 Å². The van der Waals surface area contributed by atoms with E-state index in [1.54, 1.807) is 12.3 Å². The van der Waals surface area contributed by atoms with Crippen LogP contribution in [0, 0.1) is 0 Å². The summed E-state index contributed by atoms with van der Waals surface area (Å²) in [7, 11) is 0. The van der Waals surface area contributed by atoms with E-state index >= 15 is 0 Å². The van der Waals surface area contributed by atoms with Crippen LogP contribution >= 0.6 is 0 Å². The minimum absolute atomic E-state index is 0. The van der Waals surface area contributed by atoms with E-state index in [0.717, 1.165) is 5.56 Å². The number of pyridine rings is 1. The molecule has 4 heteroatoms. The largest absolute Gasteiger partial charge is 1.00 e. The van der Waals surface area contributed by atoms with Crippen LogP contribution in [0.5, 0.6) is 0 Å². The van der Waals surface area contributed by atoms with Gasteiger partial charge in [-0.3, -0.25) is 4.98 Å². The van der Waals surface area contributed by atoms with E-state index in [4.69, 9.17) is 0 Å². The summed E-state index contributed by atoms with van der Waals surface area (Å²) in [5.74, 6) is -0.862. The number of carbonyl (C=O) groups excluding carboxylic acids is 1. The Morgan fingerprint density at radius 1 is 1.46 bits per heavy atom. The second-order valence-electron chi connectivity index (χ2n) is 2.92. The number of carboxylic acids is 1. The monoisotopic (exact) mass is 203 g/mol. The van der Waals surface area contributed by atoms with E-state index in [0.29, 0.717) is 5.92 Å². The molecule has 3 nitrogen and oxygen atoms in total. The van der Waals surface area contributed by atoms with Crippen molar-refractivity contribution in [1.82, 2.24) is 4.98 Å². The first-order valence-electron chi connectivity index (χ1n) is 3.78. The molecule has 0 saturated heterocycles. The molecule has 0 aliphatic heterocycles. The second kappa shape index (κ2) is 5.88. The molecule has 0 radical (unpaired) electrons. The van der Waals surface area contributed by atoms with Crippen molar-refractivity contribution < 1.29 is 61.3 Å². The van der Waals surface area contributed by atoms with Crippen molar-refractivity contribution in [3.63, 3.8) is 0 Å². The molecule has 0 fully saturated rings. The second-order valence-corrected chi connectivity index (χ2v) is 2.92. The van der Waals surface area contributed by atoms with Crippen molar-refractivity contribution in [2.24, 2.45) is 0 Å². The summed E-state index contributed by atoms with van der Waals surface area (Å²) in [5.41, 5.74) is 1.01. The predicted octanol–water partition coefficient (Wildman–Crippen LogP) is -2.43. The Morgan fingerprint density at radius 2 is 2.08 bits per heavy atom. The molecule has 0 aromatic carbocycles. The molecule has 1 aromatic rings. The van der Waals surface area contributed by atoms with Gasteiger partial charge in [-0.05, 0) is 17.5 Å². The zero-order chi connectivity index (χ0) is 9.14. The fraction of sp³-hybridized carbons (Fsp3) is 0.333. The molecular formula is C9H10KNO2. The molecule has 0 unspecified atom stereocenters. The third kappa shape index (κ3) is 3.87. The molecule has 0 aliphatic carbocycles. The van der Waals surface area contributed by atoms with Gasteiger partial charge in [0.1, 0.15) is 0 Å². The van der Waals surface area contributed by atoms with Crippen LogP contribution in [0.4, 0.5) is 0 Å². The van der Waals surface area contributed by atoms with Gasteiger partial charge in [0.15, 0.2) is 0 Å². The van der Waals surface area contributed by atoms with Crippen molar-refractivity contribution in [2.75, 3.05) is 0 Å². The van der Waals surface area contributed by atoms with E-state index in [9.17, 15) is 9.90 Å². The maximum absolute atomic E-state index is 10.3. The summed E-state index contributed by atoms with van der Waals surface area (Å²) in [5, 5.41) is 10.3. The van der Waals surface area contributed by atoms with E-state index in [1.807, 2.05) is 13.8 Å². The number of aromatic nitrogens is 1. The number of carbonyl (C=O) groups is 1. The minimum atomic E-state index is -1.23. The third-order valence-corrected chi connectivity index (χ3v) is 1.66. The topological polar surface area (TPSA) is 53.0 Å². The molecule has 0 saturated carbocycles. The SMILES string of the molecule is CC(C)c1ccc(C(=O)[O-])nc1.[K+]. The Morgan fingerprint density at radius 3 is 2.38 bits per heavy atom. The Bertz CT molecular complexity index is 282. The van der Waals surface area contributed by atoms with Crippen LogP contribution < -0.4 is 56.5 Å². The minimum Gasteiger partial charge on any atom is -0.543 e. The molecule has 13 heavy (non-hydrogen) atoms. The van der Waals surface area contributed by atoms with Gasteiger partial charge in [-0.15, -0.1) is 0 Å². The number of nitrogens with zero attached hydrogens (tertiary/aromatic N) is 1. The molecule has 0 atom stereocenters. The van der Waals surface area contributed by atoms with Crippen LogP contribution in [0.2, 0.25) is 0 Å². The van der Waals surface area contributed by atoms with Gasteiger partial charge in [-0.1, -0.05) is 19.9 Å². The first-order chi connectivity index (χ1) is 5.61. The standard InChI is InChI=1S/C9H11NO2.K/c1-6(2)7-3-4-8(9(11)12)10-5-7;/h3-6H,1-2H3,(H,11,12);/q;+1/p-1. The summed E-state index contributed by atoms with van der Waals surface area (Å²) in [4.78, 5) is 14.0. The fourth-order valence-corrected chi connectivity index (χ4v) is 0.868. The molecule has 64 valence electrons. The smallest absolute Gasteiger partial charge is 0.543 e. The van der Waals surface area contributed by atoms with Crippen molar-refractivity contribution in [1.29, 1.82) is 0 Å². The van der Waals surface area contributed by atoms with Crippen molar-refractivity contribution in [2.45, 2.75) is 19.8 Å². The molecule has 0 N–H and O–H groups in total. The molecular weight excluding hydrogens is 193 g/mol. The van der Waals surface area contributed by atoms with Crippen molar-refractivity contribution in [3.05, 3.63) is 29.6 Å². The molecule has 0 bridgehead atoms. The quantitative estimate of drug-likeness (QED) is 0.502. The first kappa shape index (κ1) is 13.3. The maximum Gasteiger partial charge on any atom is 1.00 e. The van der Waals surface area contributed by atoms with Gasteiger partial charge in [0.25, 0.3) is 0 Å². The Balaban J connectivity index is 0.00000144. The van der Waals surface area contributed by atoms with Crippen LogP contribution in [-0.4, -0.2) is 11.0 Å². The van der Waals surface area contributed by atoms with Gasteiger partial charge >= 0.3 is 51.4 Å². The summed E-state index contributed by atoms with van der Waals surface area (Å²) in [6.07, 6.45) is 1.57. The van der Waals surface area contributed by atoms with Crippen molar-refractivity contribution >= 4 is 5.97 Å². The van der Waals surface area contributed by atoms with Gasteiger partial charge in [0.05, 0.1) is 11.7 Å². The number of aromatic carboxylic acids is 1. The van der Waals surface area contributed by atoms with Gasteiger partial charge in [-0.2, -0.15) is 0 Å². The van der Waals surface area contributed by atoms with Gasteiger partial charge in [0, 0.05) is 6.20 Å². The zero-order valence-electron chi connectivity index (χ0n) is 8.07. The summed E-state index contributed by atoms with van der Waals surface area (Å²) in [6.45, 7) is 4.05. The zero-order valence-corrected chi connectivity index (χ0v) is 11.2. The molecule has 0 spiro atoms. The number of hydrogen-bond donors (Lipinski definition) is 0. The van der Waals surface area contributed by atoms with Crippen LogP contribution in [0.3, 0.4) is 0 Å². The summed E-state index contributed by atoms with van der Waals surface area (Å²) in [6, 6.07) is 3.22. The van der Waals surface area contributed by atoms with Crippen LogP contribution in [0.15, 0.2) is 18.3 Å². The fourth-order valence-electron chi connectivity index (χ4n) is 0.868. The number of carboxylic acid groups (broad SMARTS) is 1. The van der Waals surface area contributed by atoms with Gasteiger partial charge < -0.3 is 9.90 Å². The van der Waals surface area contributed by atoms with E-state index in [2.05, 4.69) is 4.98 Å². The van der Waals surface area contributed by atoms with Crippen LogP contribution in [0.1, 0.15) is 35.8 Å². The maximum atomic E-state index is 10.3. The summed E-state index contributed by atoms with van der Waals surface area (Å²) < 4.78 is 0.